The first-order valence-corrected chi connectivity index (χ1v) is 6.63. The lowest BCUT2D eigenvalue weighted by Crippen LogP contribution is -2.53. The fourth-order valence-electron chi connectivity index (χ4n) is 2.99. The zero-order chi connectivity index (χ0) is 13.2. The number of piperidine rings is 1. The molecule has 1 aliphatic rings. The standard InChI is InChI=1S/C15H24N2O/c1-15(2)11-17(10-9-14(15)16-3)12-7-5-6-8-13(12)18-4/h5-8,14,16H,9-11H2,1-4H3. The molecule has 3 heteroatoms. The van der Waals surface area contributed by atoms with E-state index in [0.717, 1.165) is 18.8 Å². The first kappa shape index (κ1) is 13.2. The summed E-state index contributed by atoms with van der Waals surface area (Å²) in [6.45, 7) is 6.79. The molecule has 0 saturated carbocycles. The van der Waals surface area contributed by atoms with Crippen molar-refractivity contribution in [3.05, 3.63) is 24.3 Å². The number of para-hydroxylation sites is 2. The van der Waals surface area contributed by atoms with Crippen LogP contribution in [0.4, 0.5) is 5.69 Å². The quantitative estimate of drug-likeness (QED) is 0.889. The lowest BCUT2D eigenvalue weighted by molar-refractivity contribution is 0.214. The lowest BCUT2D eigenvalue weighted by atomic mass is 9.79. The van der Waals surface area contributed by atoms with Crippen LogP contribution in [0.25, 0.3) is 0 Å². The van der Waals surface area contributed by atoms with Crippen LogP contribution in [-0.4, -0.2) is 33.3 Å². The van der Waals surface area contributed by atoms with Gasteiger partial charge in [-0.2, -0.15) is 0 Å². The first-order valence-electron chi connectivity index (χ1n) is 6.63. The molecule has 2 rings (SSSR count). The van der Waals surface area contributed by atoms with Crippen molar-refractivity contribution in [2.45, 2.75) is 26.3 Å². The fourth-order valence-corrected chi connectivity index (χ4v) is 2.99. The highest BCUT2D eigenvalue weighted by atomic mass is 16.5. The van der Waals surface area contributed by atoms with E-state index in [1.807, 2.05) is 12.1 Å². The topological polar surface area (TPSA) is 24.5 Å². The zero-order valence-electron chi connectivity index (χ0n) is 11.9. The normalized spacial score (nSPS) is 22.9. The number of rotatable bonds is 3. The van der Waals surface area contributed by atoms with Gasteiger partial charge >= 0.3 is 0 Å². The SMILES string of the molecule is CNC1CCN(c2ccccc2OC)CC1(C)C. The molecule has 0 aliphatic carbocycles. The Morgan fingerprint density at radius 2 is 2.06 bits per heavy atom. The average molecular weight is 248 g/mol. The predicted molar refractivity (Wildman–Crippen MR) is 76.5 cm³/mol. The molecule has 1 saturated heterocycles. The lowest BCUT2D eigenvalue weighted by Gasteiger charge is -2.45. The number of ether oxygens (including phenoxy) is 1. The van der Waals surface area contributed by atoms with E-state index in [0.29, 0.717) is 6.04 Å². The summed E-state index contributed by atoms with van der Waals surface area (Å²) in [5.41, 5.74) is 1.48. The molecule has 100 valence electrons. The van der Waals surface area contributed by atoms with E-state index in [1.165, 1.54) is 12.1 Å². The Hall–Kier alpha value is -1.22. The maximum atomic E-state index is 5.46. The third-order valence-corrected chi connectivity index (χ3v) is 4.00. The molecule has 1 heterocycles. The van der Waals surface area contributed by atoms with Crippen LogP contribution in [0.15, 0.2) is 24.3 Å². The van der Waals surface area contributed by atoms with Gasteiger partial charge in [-0.05, 0) is 31.0 Å². The molecule has 0 aromatic heterocycles. The Bertz CT molecular complexity index is 403. The second kappa shape index (κ2) is 5.19. The van der Waals surface area contributed by atoms with Crippen molar-refractivity contribution in [3.63, 3.8) is 0 Å². The van der Waals surface area contributed by atoms with Crippen LogP contribution >= 0.6 is 0 Å². The Kier molecular flexibility index (Phi) is 3.81. The van der Waals surface area contributed by atoms with Gasteiger partial charge < -0.3 is 15.0 Å². The fraction of sp³-hybridized carbons (Fsp3) is 0.600. The molecule has 1 atom stereocenters. The van der Waals surface area contributed by atoms with Gasteiger partial charge in [0.2, 0.25) is 0 Å². The highest BCUT2D eigenvalue weighted by molar-refractivity contribution is 5.58. The molecular formula is C15H24N2O. The van der Waals surface area contributed by atoms with E-state index in [1.54, 1.807) is 7.11 Å². The Morgan fingerprint density at radius 1 is 1.33 bits per heavy atom. The molecule has 1 unspecified atom stereocenters. The van der Waals surface area contributed by atoms with Crippen LogP contribution in [0.2, 0.25) is 0 Å². The van der Waals surface area contributed by atoms with Crippen LogP contribution in [-0.2, 0) is 0 Å². The van der Waals surface area contributed by atoms with Crippen molar-refractivity contribution < 1.29 is 4.74 Å². The summed E-state index contributed by atoms with van der Waals surface area (Å²) in [7, 11) is 3.80. The second-order valence-corrected chi connectivity index (χ2v) is 5.71. The van der Waals surface area contributed by atoms with E-state index in [9.17, 15) is 0 Å². The van der Waals surface area contributed by atoms with Crippen LogP contribution in [0.3, 0.4) is 0 Å². The van der Waals surface area contributed by atoms with Gasteiger partial charge in [0, 0.05) is 19.1 Å². The van der Waals surface area contributed by atoms with Crippen molar-refractivity contribution >= 4 is 5.69 Å². The van der Waals surface area contributed by atoms with Crippen LogP contribution in [0, 0.1) is 5.41 Å². The van der Waals surface area contributed by atoms with E-state index < -0.39 is 0 Å². The van der Waals surface area contributed by atoms with Gasteiger partial charge in [-0.15, -0.1) is 0 Å². The second-order valence-electron chi connectivity index (χ2n) is 5.71. The molecule has 3 nitrogen and oxygen atoms in total. The molecule has 18 heavy (non-hydrogen) atoms. The number of anilines is 1. The molecule has 0 spiro atoms. The van der Waals surface area contributed by atoms with Crippen LogP contribution < -0.4 is 15.0 Å². The highest BCUT2D eigenvalue weighted by Gasteiger charge is 2.35. The molecule has 0 amide bonds. The molecule has 1 aromatic carbocycles. The largest absolute Gasteiger partial charge is 0.495 e. The number of nitrogens with zero attached hydrogens (tertiary/aromatic N) is 1. The number of methoxy groups -OCH3 is 1. The number of benzene rings is 1. The summed E-state index contributed by atoms with van der Waals surface area (Å²) in [4.78, 5) is 2.44. The van der Waals surface area contributed by atoms with E-state index >= 15 is 0 Å². The maximum Gasteiger partial charge on any atom is 0.142 e. The third kappa shape index (κ3) is 2.46. The van der Waals surface area contributed by atoms with Gasteiger partial charge in [-0.3, -0.25) is 0 Å². The summed E-state index contributed by atoms with van der Waals surface area (Å²) in [6.07, 6.45) is 1.17. The van der Waals surface area contributed by atoms with Crippen molar-refractivity contribution in [2.75, 3.05) is 32.1 Å². The molecule has 1 N–H and O–H groups in total. The summed E-state index contributed by atoms with van der Waals surface area (Å²) < 4.78 is 5.46. The smallest absolute Gasteiger partial charge is 0.142 e. The van der Waals surface area contributed by atoms with E-state index in [2.05, 4.69) is 43.2 Å². The molecular weight excluding hydrogens is 224 g/mol. The van der Waals surface area contributed by atoms with Gasteiger partial charge in [-0.25, -0.2) is 0 Å². The molecule has 1 aliphatic heterocycles. The monoisotopic (exact) mass is 248 g/mol. The van der Waals surface area contributed by atoms with Gasteiger partial charge in [0.25, 0.3) is 0 Å². The number of hydrogen-bond donors (Lipinski definition) is 1. The van der Waals surface area contributed by atoms with Crippen molar-refractivity contribution in [2.24, 2.45) is 5.41 Å². The summed E-state index contributed by atoms with van der Waals surface area (Å²) in [6, 6.07) is 8.87. The average Bonchev–Trinajstić information content (AvgIpc) is 2.37. The van der Waals surface area contributed by atoms with Crippen molar-refractivity contribution in [3.8, 4) is 5.75 Å². The minimum Gasteiger partial charge on any atom is -0.495 e. The minimum atomic E-state index is 0.272. The van der Waals surface area contributed by atoms with Crippen molar-refractivity contribution in [1.29, 1.82) is 0 Å². The molecule has 1 fully saturated rings. The minimum absolute atomic E-state index is 0.272. The van der Waals surface area contributed by atoms with Gasteiger partial charge in [0.05, 0.1) is 12.8 Å². The molecule has 0 bridgehead atoms. The summed E-state index contributed by atoms with van der Waals surface area (Å²) in [5.74, 6) is 0.969. The third-order valence-electron chi connectivity index (χ3n) is 4.00. The zero-order valence-corrected chi connectivity index (χ0v) is 11.9. The highest BCUT2D eigenvalue weighted by Crippen LogP contribution is 2.35. The molecule has 1 aromatic rings. The first-order chi connectivity index (χ1) is 8.58. The maximum absolute atomic E-state index is 5.46. The summed E-state index contributed by atoms with van der Waals surface area (Å²) in [5, 5.41) is 3.44. The summed E-state index contributed by atoms with van der Waals surface area (Å²) >= 11 is 0. The van der Waals surface area contributed by atoms with E-state index in [-0.39, 0.29) is 5.41 Å². The van der Waals surface area contributed by atoms with E-state index in [4.69, 9.17) is 4.74 Å². The predicted octanol–water partition coefficient (Wildman–Crippen LogP) is 2.52. The number of nitrogens with one attached hydrogen (secondary N) is 1. The Morgan fingerprint density at radius 3 is 2.67 bits per heavy atom. The number of hydrogen-bond acceptors (Lipinski definition) is 3. The Balaban J connectivity index is 2.21. The van der Waals surface area contributed by atoms with Gasteiger partial charge in [-0.1, -0.05) is 26.0 Å². The van der Waals surface area contributed by atoms with Gasteiger partial charge in [0.15, 0.2) is 0 Å². The van der Waals surface area contributed by atoms with Crippen LogP contribution in [0.1, 0.15) is 20.3 Å². The Labute approximate surface area is 110 Å². The van der Waals surface area contributed by atoms with Gasteiger partial charge in [0.1, 0.15) is 5.75 Å². The van der Waals surface area contributed by atoms with Crippen LogP contribution in [0.5, 0.6) is 5.75 Å². The molecule has 0 radical (unpaired) electrons. The van der Waals surface area contributed by atoms with Crippen molar-refractivity contribution in [1.82, 2.24) is 5.32 Å².